The summed E-state index contributed by atoms with van der Waals surface area (Å²) in [6.45, 7) is 4.59. The minimum Gasteiger partial charge on any atom is -0.375 e. The van der Waals surface area contributed by atoms with Gasteiger partial charge in [-0.3, -0.25) is 4.98 Å². The van der Waals surface area contributed by atoms with Crippen LogP contribution >= 0.6 is 0 Å². The first-order valence-electron chi connectivity index (χ1n) is 5.16. The van der Waals surface area contributed by atoms with Crippen LogP contribution in [-0.4, -0.2) is 42.8 Å². The van der Waals surface area contributed by atoms with Crippen LogP contribution in [0.3, 0.4) is 0 Å². The van der Waals surface area contributed by atoms with Gasteiger partial charge < -0.3 is 15.0 Å². The smallest absolute Gasteiger partial charge is 0.149 e. The van der Waals surface area contributed by atoms with Gasteiger partial charge >= 0.3 is 0 Å². The quantitative estimate of drug-likeness (QED) is 0.777. The number of hydrogen-bond donors (Lipinski definition) is 1. The molecule has 0 spiro atoms. The Morgan fingerprint density at radius 1 is 1.53 bits per heavy atom. The fraction of sp³-hybridized carbons (Fsp3) is 0.600. The van der Waals surface area contributed by atoms with Gasteiger partial charge in [0.1, 0.15) is 11.6 Å². The van der Waals surface area contributed by atoms with E-state index in [-0.39, 0.29) is 6.10 Å². The lowest BCUT2D eigenvalue weighted by Gasteiger charge is -2.31. The minimum absolute atomic E-state index is 0.263. The number of rotatable bonds is 2. The van der Waals surface area contributed by atoms with Crippen LogP contribution in [-0.2, 0) is 4.74 Å². The van der Waals surface area contributed by atoms with E-state index < -0.39 is 0 Å². The van der Waals surface area contributed by atoms with Crippen molar-refractivity contribution in [1.29, 1.82) is 0 Å². The number of aromatic nitrogens is 2. The third-order valence-corrected chi connectivity index (χ3v) is 2.44. The second kappa shape index (κ2) is 4.44. The highest BCUT2D eigenvalue weighted by atomic mass is 16.5. The largest absolute Gasteiger partial charge is 0.375 e. The van der Waals surface area contributed by atoms with Gasteiger partial charge in [-0.05, 0) is 6.92 Å². The third kappa shape index (κ3) is 2.36. The van der Waals surface area contributed by atoms with Crippen molar-refractivity contribution in [3.05, 3.63) is 12.4 Å². The van der Waals surface area contributed by atoms with Gasteiger partial charge in [0.25, 0.3) is 0 Å². The molecule has 0 aliphatic carbocycles. The van der Waals surface area contributed by atoms with Crippen molar-refractivity contribution in [2.75, 3.05) is 37.0 Å². The van der Waals surface area contributed by atoms with Crippen molar-refractivity contribution in [2.24, 2.45) is 0 Å². The average molecular weight is 208 g/mol. The maximum absolute atomic E-state index is 5.48. The van der Waals surface area contributed by atoms with Crippen LogP contribution in [0.5, 0.6) is 0 Å². The Balaban J connectivity index is 2.13. The van der Waals surface area contributed by atoms with E-state index in [2.05, 4.69) is 27.1 Å². The minimum atomic E-state index is 0.263. The second-order valence-electron chi connectivity index (χ2n) is 3.64. The van der Waals surface area contributed by atoms with Crippen LogP contribution in [0.2, 0.25) is 0 Å². The van der Waals surface area contributed by atoms with Crippen molar-refractivity contribution in [1.82, 2.24) is 9.97 Å². The van der Waals surface area contributed by atoms with E-state index in [1.165, 1.54) is 0 Å². The number of morpholine rings is 1. The lowest BCUT2D eigenvalue weighted by Crippen LogP contribution is -2.41. The monoisotopic (exact) mass is 208 g/mol. The zero-order valence-corrected chi connectivity index (χ0v) is 9.10. The van der Waals surface area contributed by atoms with Gasteiger partial charge in [-0.2, -0.15) is 0 Å². The summed E-state index contributed by atoms with van der Waals surface area (Å²) in [7, 11) is 1.84. The highest BCUT2D eigenvalue weighted by Crippen LogP contribution is 2.15. The van der Waals surface area contributed by atoms with Gasteiger partial charge in [0.05, 0.1) is 25.1 Å². The maximum atomic E-state index is 5.48. The molecule has 1 N–H and O–H groups in total. The molecule has 2 heterocycles. The molecule has 5 nitrogen and oxygen atoms in total. The molecule has 0 saturated carbocycles. The maximum Gasteiger partial charge on any atom is 0.149 e. The van der Waals surface area contributed by atoms with Crippen LogP contribution in [0.15, 0.2) is 12.4 Å². The Bertz CT molecular complexity index is 331. The van der Waals surface area contributed by atoms with Gasteiger partial charge in [-0.25, -0.2) is 4.98 Å². The van der Waals surface area contributed by atoms with E-state index in [4.69, 9.17) is 4.74 Å². The lowest BCUT2D eigenvalue weighted by atomic mass is 10.3. The zero-order chi connectivity index (χ0) is 10.7. The molecule has 0 radical (unpaired) electrons. The molecular weight excluding hydrogens is 192 g/mol. The van der Waals surface area contributed by atoms with Gasteiger partial charge in [-0.1, -0.05) is 0 Å². The highest BCUT2D eigenvalue weighted by molar-refractivity contribution is 5.43. The van der Waals surface area contributed by atoms with E-state index in [1.807, 2.05) is 7.05 Å². The molecule has 1 aliphatic rings. The summed E-state index contributed by atoms with van der Waals surface area (Å²) in [6.07, 6.45) is 3.77. The van der Waals surface area contributed by atoms with Crippen molar-refractivity contribution in [3.8, 4) is 0 Å². The van der Waals surface area contributed by atoms with Crippen LogP contribution in [0.4, 0.5) is 11.6 Å². The van der Waals surface area contributed by atoms with E-state index in [0.717, 1.165) is 31.3 Å². The summed E-state index contributed by atoms with van der Waals surface area (Å²) in [5, 5.41) is 2.99. The van der Waals surface area contributed by atoms with Crippen molar-refractivity contribution in [3.63, 3.8) is 0 Å². The number of nitrogens with zero attached hydrogens (tertiary/aromatic N) is 3. The molecule has 1 aromatic rings. The molecule has 0 bridgehead atoms. The second-order valence-corrected chi connectivity index (χ2v) is 3.64. The van der Waals surface area contributed by atoms with Crippen LogP contribution in [0, 0.1) is 0 Å². The molecule has 82 valence electrons. The third-order valence-electron chi connectivity index (χ3n) is 2.44. The first-order chi connectivity index (χ1) is 7.29. The number of nitrogens with one attached hydrogen (secondary N) is 1. The number of ether oxygens (including phenoxy) is 1. The topological polar surface area (TPSA) is 50.3 Å². The molecule has 5 heteroatoms. The first-order valence-corrected chi connectivity index (χ1v) is 5.16. The number of anilines is 2. The summed E-state index contributed by atoms with van der Waals surface area (Å²) in [6, 6.07) is 0. The molecule has 1 atom stereocenters. The molecular formula is C10H16N4O. The van der Waals surface area contributed by atoms with Gasteiger partial charge in [0.15, 0.2) is 0 Å². The standard InChI is InChI=1S/C10H16N4O/c1-8-7-14(3-4-15-8)10-6-12-5-9(11-2)13-10/h5-6,8H,3-4,7H2,1-2H3,(H,11,13). The first kappa shape index (κ1) is 10.2. The molecule has 1 unspecified atom stereocenters. The van der Waals surface area contributed by atoms with Crippen LogP contribution in [0.1, 0.15) is 6.92 Å². The summed E-state index contributed by atoms with van der Waals surface area (Å²) in [4.78, 5) is 10.8. The average Bonchev–Trinajstić information content (AvgIpc) is 2.29. The predicted octanol–water partition coefficient (Wildman–Crippen LogP) is 0.743. The normalized spacial score (nSPS) is 21.5. The van der Waals surface area contributed by atoms with Crippen LogP contribution < -0.4 is 10.2 Å². The van der Waals surface area contributed by atoms with Crippen LogP contribution in [0.25, 0.3) is 0 Å². The molecule has 0 aromatic carbocycles. The fourth-order valence-electron chi connectivity index (χ4n) is 1.66. The highest BCUT2D eigenvalue weighted by Gasteiger charge is 2.18. The van der Waals surface area contributed by atoms with Crippen molar-refractivity contribution >= 4 is 11.6 Å². The van der Waals surface area contributed by atoms with Crippen molar-refractivity contribution < 1.29 is 4.74 Å². The predicted molar refractivity (Wildman–Crippen MR) is 59.2 cm³/mol. The molecule has 1 fully saturated rings. The SMILES string of the molecule is CNc1cncc(N2CCOC(C)C2)n1. The zero-order valence-electron chi connectivity index (χ0n) is 9.10. The molecule has 1 aliphatic heterocycles. The van der Waals surface area contributed by atoms with Crippen molar-refractivity contribution in [2.45, 2.75) is 13.0 Å². The van der Waals surface area contributed by atoms with Gasteiger partial charge in [-0.15, -0.1) is 0 Å². The fourth-order valence-corrected chi connectivity index (χ4v) is 1.66. The Morgan fingerprint density at radius 2 is 2.40 bits per heavy atom. The summed E-state index contributed by atoms with van der Waals surface area (Å²) < 4.78 is 5.48. The molecule has 1 aromatic heterocycles. The summed E-state index contributed by atoms with van der Waals surface area (Å²) >= 11 is 0. The summed E-state index contributed by atoms with van der Waals surface area (Å²) in [5.74, 6) is 1.71. The number of hydrogen-bond acceptors (Lipinski definition) is 5. The molecule has 0 amide bonds. The molecule has 2 rings (SSSR count). The Morgan fingerprint density at radius 3 is 3.13 bits per heavy atom. The van der Waals surface area contributed by atoms with E-state index >= 15 is 0 Å². The molecule has 1 saturated heterocycles. The lowest BCUT2D eigenvalue weighted by molar-refractivity contribution is 0.0529. The van der Waals surface area contributed by atoms with E-state index in [0.29, 0.717) is 0 Å². The molecule has 15 heavy (non-hydrogen) atoms. The van der Waals surface area contributed by atoms with Gasteiger partial charge in [0, 0.05) is 20.1 Å². The Labute approximate surface area is 89.5 Å². The van der Waals surface area contributed by atoms with E-state index in [9.17, 15) is 0 Å². The Kier molecular flexibility index (Phi) is 3.01. The van der Waals surface area contributed by atoms with E-state index in [1.54, 1.807) is 12.4 Å². The van der Waals surface area contributed by atoms with Gasteiger partial charge in [0.2, 0.25) is 0 Å². The summed E-state index contributed by atoms with van der Waals surface area (Å²) in [5.41, 5.74) is 0. The Hall–Kier alpha value is -1.36.